The molecular weight excluding hydrogens is 495 g/mol. The SMILES string of the molecule is CCNC(=O)[C@@H](C)N(Cc1ccccc1)C(=O)CN(c1ccc(Cl)c(C(F)(F)F)c1)S(C)(=O)=O. The van der Waals surface area contributed by atoms with Crippen LogP contribution in [0.4, 0.5) is 18.9 Å². The van der Waals surface area contributed by atoms with Crippen molar-refractivity contribution in [3.63, 3.8) is 0 Å². The first kappa shape index (κ1) is 27.5. The summed E-state index contributed by atoms with van der Waals surface area (Å²) in [5, 5.41) is 2.00. The van der Waals surface area contributed by atoms with E-state index in [1.54, 1.807) is 37.3 Å². The fourth-order valence-electron chi connectivity index (χ4n) is 3.18. The van der Waals surface area contributed by atoms with E-state index in [9.17, 15) is 31.2 Å². The zero-order valence-corrected chi connectivity index (χ0v) is 20.3. The van der Waals surface area contributed by atoms with Crippen LogP contribution >= 0.6 is 11.6 Å². The van der Waals surface area contributed by atoms with Crippen molar-refractivity contribution < 1.29 is 31.2 Å². The lowest BCUT2D eigenvalue weighted by Gasteiger charge is -2.31. The lowest BCUT2D eigenvalue weighted by molar-refractivity contribution is -0.139. The summed E-state index contributed by atoms with van der Waals surface area (Å²) in [6.07, 6.45) is -4.05. The zero-order valence-electron chi connectivity index (χ0n) is 18.8. The van der Waals surface area contributed by atoms with Gasteiger partial charge in [0.2, 0.25) is 21.8 Å². The number of amides is 2. The van der Waals surface area contributed by atoms with Crippen molar-refractivity contribution in [2.45, 2.75) is 32.6 Å². The molecule has 0 saturated heterocycles. The molecule has 0 aromatic heterocycles. The second kappa shape index (κ2) is 11.1. The summed E-state index contributed by atoms with van der Waals surface area (Å²) in [6, 6.07) is 10.3. The number of rotatable bonds is 9. The minimum absolute atomic E-state index is 0.00993. The molecule has 1 atom stereocenters. The summed E-state index contributed by atoms with van der Waals surface area (Å²) >= 11 is 5.64. The molecule has 0 aliphatic rings. The molecule has 0 fully saturated rings. The van der Waals surface area contributed by atoms with E-state index in [0.29, 0.717) is 22.5 Å². The van der Waals surface area contributed by atoms with Crippen molar-refractivity contribution in [3.05, 3.63) is 64.7 Å². The number of hydrogen-bond acceptors (Lipinski definition) is 4. The number of alkyl halides is 3. The zero-order chi connectivity index (χ0) is 25.7. The third-order valence-electron chi connectivity index (χ3n) is 4.94. The maximum absolute atomic E-state index is 13.3. The number of hydrogen-bond donors (Lipinski definition) is 1. The summed E-state index contributed by atoms with van der Waals surface area (Å²) in [7, 11) is -4.18. The first-order valence-corrected chi connectivity index (χ1v) is 12.4. The highest BCUT2D eigenvalue weighted by Crippen LogP contribution is 2.37. The Kier molecular flexibility index (Phi) is 8.96. The van der Waals surface area contributed by atoms with E-state index in [4.69, 9.17) is 11.6 Å². The van der Waals surface area contributed by atoms with E-state index in [-0.39, 0.29) is 12.2 Å². The molecule has 34 heavy (non-hydrogen) atoms. The van der Waals surface area contributed by atoms with Gasteiger partial charge >= 0.3 is 6.18 Å². The molecule has 0 spiro atoms. The standard InChI is InChI=1S/C22H25ClF3N3O4S/c1-4-27-21(31)15(2)28(13-16-8-6-5-7-9-16)20(30)14-29(34(3,32)33)17-10-11-19(23)18(12-17)22(24,25)26/h5-12,15H,4,13-14H2,1-3H3,(H,27,31)/t15-/m1/s1. The van der Waals surface area contributed by atoms with Crippen LogP contribution in [0.5, 0.6) is 0 Å². The van der Waals surface area contributed by atoms with Gasteiger partial charge in [-0.3, -0.25) is 13.9 Å². The second-order valence-corrected chi connectivity index (χ2v) is 9.82. The number of carbonyl (C=O) groups excluding carboxylic acids is 2. The van der Waals surface area contributed by atoms with Crippen molar-refractivity contribution in [2.75, 3.05) is 23.7 Å². The highest BCUT2D eigenvalue weighted by atomic mass is 35.5. The van der Waals surface area contributed by atoms with Crippen molar-refractivity contribution in [3.8, 4) is 0 Å². The fraction of sp³-hybridized carbons (Fsp3) is 0.364. The van der Waals surface area contributed by atoms with Crippen LogP contribution in [0.2, 0.25) is 5.02 Å². The van der Waals surface area contributed by atoms with Gasteiger partial charge in [-0.1, -0.05) is 41.9 Å². The molecule has 7 nitrogen and oxygen atoms in total. The van der Waals surface area contributed by atoms with Crippen LogP contribution < -0.4 is 9.62 Å². The topological polar surface area (TPSA) is 86.8 Å². The molecule has 0 heterocycles. The molecule has 0 radical (unpaired) electrons. The Balaban J connectivity index is 2.45. The van der Waals surface area contributed by atoms with Crippen LogP contribution in [0.3, 0.4) is 0 Å². The minimum Gasteiger partial charge on any atom is -0.355 e. The third kappa shape index (κ3) is 7.10. The summed E-state index contributed by atoms with van der Waals surface area (Å²) < 4.78 is 65.4. The predicted octanol–water partition coefficient (Wildman–Crippen LogP) is 3.68. The van der Waals surface area contributed by atoms with E-state index >= 15 is 0 Å². The number of halogens is 4. The number of anilines is 1. The largest absolute Gasteiger partial charge is 0.417 e. The smallest absolute Gasteiger partial charge is 0.355 e. The van der Waals surface area contributed by atoms with E-state index in [2.05, 4.69) is 5.32 Å². The van der Waals surface area contributed by atoms with Crippen LogP contribution in [0, 0.1) is 0 Å². The molecule has 0 unspecified atom stereocenters. The minimum atomic E-state index is -4.83. The van der Waals surface area contributed by atoms with Crippen molar-refractivity contribution >= 4 is 39.1 Å². The molecule has 186 valence electrons. The number of sulfonamides is 1. The van der Waals surface area contributed by atoms with Crippen LogP contribution in [0.1, 0.15) is 25.0 Å². The molecule has 0 aliphatic carbocycles. The Morgan fingerprint density at radius 2 is 1.74 bits per heavy atom. The molecule has 1 N–H and O–H groups in total. The van der Waals surface area contributed by atoms with E-state index in [0.717, 1.165) is 18.4 Å². The van der Waals surface area contributed by atoms with E-state index in [1.807, 2.05) is 0 Å². The van der Waals surface area contributed by atoms with Gasteiger partial charge in [0.05, 0.1) is 22.5 Å². The number of nitrogens with zero attached hydrogens (tertiary/aromatic N) is 2. The van der Waals surface area contributed by atoms with Crippen molar-refractivity contribution in [2.24, 2.45) is 0 Å². The van der Waals surface area contributed by atoms with Crippen molar-refractivity contribution in [1.82, 2.24) is 10.2 Å². The highest BCUT2D eigenvalue weighted by molar-refractivity contribution is 7.92. The monoisotopic (exact) mass is 519 g/mol. The average molecular weight is 520 g/mol. The average Bonchev–Trinajstić information content (AvgIpc) is 2.75. The second-order valence-electron chi connectivity index (χ2n) is 7.51. The maximum Gasteiger partial charge on any atom is 0.417 e. The van der Waals surface area contributed by atoms with Crippen LogP contribution in [0.15, 0.2) is 48.5 Å². The first-order valence-electron chi connectivity index (χ1n) is 10.2. The predicted molar refractivity (Wildman–Crippen MR) is 124 cm³/mol. The summed E-state index contributed by atoms with van der Waals surface area (Å²) in [5.41, 5.74) is -0.925. The quantitative estimate of drug-likeness (QED) is 0.547. The molecule has 2 rings (SSSR count). The number of likely N-dealkylation sites (N-methyl/N-ethyl adjacent to an activating group) is 1. The lowest BCUT2D eigenvalue weighted by atomic mass is 10.1. The van der Waals surface area contributed by atoms with Gasteiger partial charge < -0.3 is 10.2 Å². The van der Waals surface area contributed by atoms with Gasteiger partial charge in [0, 0.05) is 13.1 Å². The molecular formula is C22H25ClF3N3O4S. The molecule has 0 saturated carbocycles. The Labute approximate surface area is 201 Å². The van der Waals surface area contributed by atoms with Crippen LogP contribution in [0.25, 0.3) is 0 Å². The Morgan fingerprint density at radius 1 is 1.12 bits per heavy atom. The van der Waals surface area contributed by atoms with E-state index in [1.165, 1.54) is 11.8 Å². The Morgan fingerprint density at radius 3 is 2.26 bits per heavy atom. The highest BCUT2D eigenvalue weighted by Gasteiger charge is 2.35. The first-order chi connectivity index (χ1) is 15.8. The maximum atomic E-state index is 13.3. The van der Waals surface area contributed by atoms with Gasteiger partial charge in [-0.05, 0) is 37.6 Å². The van der Waals surface area contributed by atoms with Gasteiger partial charge in [-0.25, -0.2) is 8.42 Å². The van der Waals surface area contributed by atoms with Gasteiger partial charge in [-0.2, -0.15) is 13.2 Å². The molecule has 2 aromatic rings. The summed E-state index contributed by atoms with van der Waals surface area (Å²) in [6.45, 7) is 2.69. The lowest BCUT2D eigenvalue weighted by Crippen LogP contribution is -2.51. The van der Waals surface area contributed by atoms with Gasteiger partial charge in [0.15, 0.2) is 0 Å². The Bertz CT molecular complexity index is 1130. The van der Waals surface area contributed by atoms with Crippen LogP contribution in [-0.4, -0.2) is 50.5 Å². The normalized spacial score (nSPS) is 12.7. The summed E-state index contributed by atoms with van der Waals surface area (Å²) in [4.78, 5) is 26.9. The molecule has 2 aromatic carbocycles. The molecule has 0 aliphatic heterocycles. The summed E-state index contributed by atoms with van der Waals surface area (Å²) in [5.74, 6) is -1.22. The fourth-order valence-corrected chi connectivity index (χ4v) is 4.25. The van der Waals surface area contributed by atoms with Gasteiger partial charge in [0.25, 0.3) is 0 Å². The Hall–Kier alpha value is -2.79. The van der Waals surface area contributed by atoms with Crippen LogP contribution in [-0.2, 0) is 32.3 Å². The molecule has 12 heteroatoms. The molecule has 2 amide bonds. The number of carbonyl (C=O) groups is 2. The van der Waals surface area contributed by atoms with E-state index < -0.39 is 51.2 Å². The number of benzene rings is 2. The van der Waals surface area contributed by atoms with Crippen molar-refractivity contribution in [1.29, 1.82) is 0 Å². The third-order valence-corrected chi connectivity index (χ3v) is 6.41. The van der Waals surface area contributed by atoms with Gasteiger partial charge in [-0.15, -0.1) is 0 Å². The molecule has 0 bridgehead atoms. The number of nitrogens with one attached hydrogen (secondary N) is 1. The van der Waals surface area contributed by atoms with Gasteiger partial charge in [0.1, 0.15) is 12.6 Å².